The second-order valence-corrected chi connectivity index (χ2v) is 11.2. The molecule has 0 atom stereocenters. The molecule has 0 aromatic heterocycles. The van der Waals surface area contributed by atoms with E-state index in [4.69, 9.17) is 4.74 Å². The van der Waals surface area contributed by atoms with Crippen molar-refractivity contribution in [2.45, 2.75) is 0 Å². The number of nitro benzene ring substituents is 1. The molecule has 0 aliphatic carbocycles. The zero-order valence-corrected chi connectivity index (χ0v) is 20.7. The van der Waals surface area contributed by atoms with E-state index in [1.807, 2.05) is 42.5 Å². The summed E-state index contributed by atoms with van der Waals surface area (Å²) in [5.41, 5.74) is 1.53. The van der Waals surface area contributed by atoms with E-state index in [0.29, 0.717) is 5.69 Å². The summed E-state index contributed by atoms with van der Waals surface area (Å²) in [6, 6.07) is 45.0. The van der Waals surface area contributed by atoms with Crippen molar-refractivity contribution in [3.63, 3.8) is 0 Å². The maximum absolute atomic E-state index is 11.3. The Morgan fingerprint density at radius 3 is 1.43 bits per heavy atom. The lowest BCUT2D eigenvalue weighted by atomic mass is 10.3. The number of hydrogen-bond acceptors (Lipinski definition) is 5. The molecule has 180 valence electrons. The molecule has 0 unspecified atom stereocenters. The first-order valence-electron chi connectivity index (χ1n) is 11.7. The summed E-state index contributed by atoms with van der Waals surface area (Å²) in [6.07, 6.45) is 0. The number of rotatable bonds is 7. The minimum Gasteiger partial charge on any atom is -0.258 e. The quantitative estimate of drug-likeness (QED) is 0.0984. The molecule has 0 radical (unpaired) electrons. The van der Waals surface area contributed by atoms with E-state index < -0.39 is 12.0 Å². The van der Waals surface area contributed by atoms with Crippen molar-refractivity contribution in [3.05, 3.63) is 150 Å². The third-order valence-corrected chi connectivity index (χ3v) is 9.52. The molecular formula is C30H23N4O2P. The standard InChI is InChI=1S/C30H23N4O2P/c35-34(36)30-19-11-10-18-29(30)32-31-24-20-22-25(23-21-24)33-37(26-12-4-1-5-13-26,27-14-6-2-7-15-27)28-16-8-3-9-17-28/h1-23H. The van der Waals surface area contributed by atoms with Crippen LogP contribution in [-0.4, -0.2) is 4.92 Å². The smallest absolute Gasteiger partial charge is 0.258 e. The van der Waals surface area contributed by atoms with Crippen molar-refractivity contribution in [2.75, 3.05) is 0 Å². The molecule has 6 nitrogen and oxygen atoms in total. The zero-order chi connectivity index (χ0) is 25.5. The van der Waals surface area contributed by atoms with Gasteiger partial charge >= 0.3 is 0 Å². The van der Waals surface area contributed by atoms with Gasteiger partial charge < -0.3 is 0 Å². The van der Waals surface area contributed by atoms with Crippen molar-refractivity contribution >= 4 is 45.7 Å². The molecule has 0 heterocycles. The minimum absolute atomic E-state index is 0.0824. The van der Waals surface area contributed by atoms with E-state index in [1.165, 1.54) is 6.07 Å². The Labute approximate surface area is 215 Å². The molecule has 0 saturated carbocycles. The Hall–Kier alpha value is -4.67. The fourth-order valence-electron chi connectivity index (χ4n) is 4.13. The van der Waals surface area contributed by atoms with Gasteiger partial charge in [-0.3, -0.25) is 14.9 Å². The predicted octanol–water partition coefficient (Wildman–Crippen LogP) is 7.82. The summed E-state index contributed by atoms with van der Waals surface area (Å²) >= 11 is 0. The van der Waals surface area contributed by atoms with Gasteiger partial charge in [0.05, 0.1) is 23.4 Å². The monoisotopic (exact) mass is 502 g/mol. The molecule has 5 rings (SSSR count). The average molecular weight is 503 g/mol. The predicted molar refractivity (Wildman–Crippen MR) is 151 cm³/mol. The van der Waals surface area contributed by atoms with Gasteiger partial charge in [0.2, 0.25) is 0 Å². The Balaban J connectivity index is 1.62. The lowest BCUT2D eigenvalue weighted by Crippen LogP contribution is -2.25. The molecule has 0 bridgehead atoms. The normalized spacial score (nSPS) is 11.4. The average Bonchev–Trinajstić information content (AvgIpc) is 2.97. The van der Waals surface area contributed by atoms with E-state index >= 15 is 0 Å². The summed E-state index contributed by atoms with van der Waals surface area (Å²) in [5, 5.41) is 23.1. The molecule has 5 aromatic carbocycles. The maximum Gasteiger partial charge on any atom is 0.296 e. The molecule has 7 heteroatoms. The van der Waals surface area contributed by atoms with Gasteiger partial charge in [-0.25, -0.2) is 0 Å². The van der Waals surface area contributed by atoms with Gasteiger partial charge in [0.25, 0.3) is 5.69 Å². The topological polar surface area (TPSA) is 80.2 Å². The van der Waals surface area contributed by atoms with E-state index in [0.717, 1.165) is 21.6 Å². The van der Waals surface area contributed by atoms with Gasteiger partial charge in [-0.15, -0.1) is 5.11 Å². The molecule has 37 heavy (non-hydrogen) atoms. The highest BCUT2D eigenvalue weighted by Gasteiger charge is 2.27. The number of benzene rings is 5. The van der Waals surface area contributed by atoms with Crippen LogP contribution < -0.4 is 15.9 Å². The van der Waals surface area contributed by atoms with Crippen molar-refractivity contribution in [1.82, 2.24) is 0 Å². The molecule has 0 aliphatic heterocycles. The largest absolute Gasteiger partial charge is 0.296 e. The van der Waals surface area contributed by atoms with Gasteiger partial charge in [-0.2, -0.15) is 5.11 Å². The highest BCUT2D eigenvalue weighted by Crippen LogP contribution is 2.49. The molecule has 0 spiro atoms. The highest BCUT2D eigenvalue weighted by molar-refractivity contribution is 7.87. The Morgan fingerprint density at radius 1 is 0.514 bits per heavy atom. The summed E-state index contributed by atoms with van der Waals surface area (Å²) in [4.78, 5) is 10.8. The van der Waals surface area contributed by atoms with Crippen LogP contribution in [0, 0.1) is 10.1 Å². The SMILES string of the molecule is O=[N+]([O-])c1ccccc1N=Nc1ccc(N=P(c2ccccc2)(c2ccccc2)c2ccccc2)cc1. The van der Waals surface area contributed by atoms with Gasteiger partial charge in [0.15, 0.2) is 5.69 Å². The Kier molecular flexibility index (Phi) is 7.11. The lowest BCUT2D eigenvalue weighted by Gasteiger charge is -2.27. The number of nitro groups is 1. The molecule has 0 fully saturated rings. The van der Waals surface area contributed by atoms with Gasteiger partial charge in [-0.1, -0.05) is 103 Å². The number of azo groups is 1. The van der Waals surface area contributed by atoms with Crippen LogP contribution in [0.15, 0.2) is 154 Å². The van der Waals surface area contributed by atoms with Crippen LogP contribution >= 0.6 is 7.05 Å². The second kappa shape index (κ2) is 10.9. The molecule has 0 amide bonds. The second-order valence-electron chi connectivity index (χ2n) is 8.20. The van der Waals surface area contributed by atoms with Crippen LogP contribution in [0.4, 0.5) is 22.7 Å². The van der Waals surface area contributed by atoms with Crippen LogP contribution in [-0.2, 0) is 0 Å². The van der Waals surface area contributed by atoms with Crippen LogP contribution in [0.3, 0.4) is 0 Å². The number of nitrogens with zero attached hydrogens (tertiary/aromatic N) is 4. The fraction of sp³-hybridized carbons (Fsp3) is 0. The fourth-order valence-corrected chi connectivity index (χ4v) is 7.66. The van der Waals surface area contributed by atoms with Crippen LogP contribution in [0.1, 0.15) is 0 Å². The first-order chi connectivity index (χ1) is 18.2. The first-order valence-corrected chi connectivity index (χ1v) is 13.5. The molecular weight excluding hydrogens is 479 g/mol. The zero-order valence-electron chi connectivity index (χ0n) is 19.8. The van der Waals surface area contributed by atoms with Gasteiger partial charge in [0, 0.05) is 22.0 Å². The summed E-state index contributed by atoms with van der Waals surface area (Å²) in [6.45, 7) is 0. The van der Waals surface area contributed by atoms with Crippen molar-refractivity contribution in [3.8, 4) is 0 Å². The van der Waals surface area contributed by atoms with Crippen molar-refractivity contribution < 1.29 is 4.92 Å². The first kappa shape index (κ1) is 24.0. The van der Waals surface area contributed by atoms with Crippen molar-refractivity contribution in [1.29, 1.82) is 0 Å². The Morgan fingerprint density at radius 2 is 0.946 bits per heavy atom. The third-order valence-electron chi connectivity index (χ3n) is 5.86. The third kappa shape index (κ3) is 5.15. The highest BCUT2D eigenvalue weighted by atomic mass is 31.2. The maximum atomic E-state index is 11.3. The van der Waals surface area contributed by atoms with Crippen LogP contribution in [0.5, 0.6) is 0 Å². The Bertz CT molecular complexity index is 1480. The van der Waals surface area contributed by atoms with E-state index in [2.05, 4.69) is 83.0 Å². The van der Waals surface area contributed by atoms with E-state index in [1.54, 1.807) is 18.2 Å². The summed E-state index contributed by atoms with van der Waals surface area (Å²) in [7, 11) is -2.38. The molecule has 5 aromatic rings. The van der Waals surface area contributed by atoms with Crippen LogP contribution in [0.25, 0.3) is 0 Å². The molecule has 0 saturated heterocycles. The summed E-state index contributed by atoms with van der Waals surface area (Å²) in [5.74, 6) is 0. The van der Waals surface area contributed by atoms with Gasteiger partial charge in [0.1, 0.15) is 0 Å². The number of para-hydroxylation sites is 1. The number of hydrogen-bond donors (Lipinski definition) is 0. The molecule has 0 aliphatic rings. The van der Waals surface area contributed by atoms with Crippen molar-refractivity contribution in [2.24, 2.45) is 15.0 Å². The van der Waals surface area contributed by atoms with Crippen LogP contribution in [0.2, 0.25) is 0 Å². The van der Waals surface area contributed by atoms with E-state index in [-0.39, 0.29) is 11.4 Å². The minimum atomic E-state index is -2.38. The summed E-state index contributed by atoms with van der Waals surface area (Å²) < 4.78 is 5.45. The lowest BCUT2D eigenvalue weighted by molar-refractivity contribution is -0.384. The molecule has 0 N–H and O–H groups in total. The van der Waals surface area contributed by atoms with Gasteiger partial charge in [-0.05, 0) is 30.3 Å². The van der Waals surface area contributed by atoms with E-state index in [9.17, 15) is 10.1 Å².